The molecule has 0 saturated heterocycles. The molecule has 0 spiro atoms. The number of nitrogens with one attached hydrogen (secondary N) is 1. The Balaban J connectivity index is 2.37. The van der Waals surface area contributed by atoms with Crippen LogP contribution in [0.1, 0.15) is 16.7 Å². The third kappa shape index (κ3) is 2.80. The first-order chi connectivity index (χ1) is 8.47. The molecule has 18 heavy (non-hydrogen) atoms. The summed E-state index contributed by atoms with van der Waals surface area (Å²) in [6.45, 7) is 6.29. The summed E-state index contributed by atoms with van der Waals surface area (Å²) in [5, 5.41) is 4.52. The van der Waals surface area contributed by atoms with Gasteiger partial charge in [-0.15, -0.1) is 0 Å². The highest BCUT2D eigenvalue weighted by atomic mass is 35.5. The molecule has 0 saturated carbocycles. The van der Waals surface area contributed by atoms with Crippen molar-refractivity contribution in [3.05, 3.63) is 57.1 Å². The maximum Gasteiger partial charge on any atom is 0.0612 e. The highest BCUT2D eigenvalue weighted by Crippen LogP contribution is 2.30. The summed E-state index contributed by atoms with van der Waals surface area (Å²) in [5.74, 6) is 0. The van der Waals surface area contributed by atoms with Crippen LogP contribution in [-0.4, -0.2) is 0 Å². The topological polar surface area (TPSA) is 12.0 Å². The first kappa shape index (κ1) is 13.3. The van der Waals surface area contributed by atoms with Crippen molar-refractivity contribution in [2.24, 2.45) is 0 Å². The van der Waals surface area contributed by atoms with E-state index in [0.29, 0.717) is 10.0 Å². The molecule has 0 aromatic heterocycles. The van der Waals surface area contributed by atoms with Crippen molar-refractivity contribution in [3.63, 3.8) is 0 Å². The molecular formula is C15H15Cl2N. The van der Waals surface area contributed by atoms with E-state index in [1.807, 2.05) is 12.1 Å². The largest absolute Gasteiger partial charge is 0.355 e. The molecule has 0 amide bonds. The average Bonchev–Trinajstić information content (AvgIpc) is 2.28. The molecule has 0 atom stereocenters. The summed E-state index contributed by atoms with van der Waals surface area (Å²) in [6, 6.07) is 9.88. The number of aryl methyl sites for hydroxylation is 3. The van der Waals surface area contributed by atoms with Crippen molar-refractivity contribution in [2.45, 2.75) is 20.8 Å². The van der Waals surface area contributed by atoms with Gasteiger partial charge in [0.1, 0.15) is 0 Å². The van der Waals surface area contributed by atoms with Crippen LogP contribution in [0.3, 0.4) is 0 Å². The zero-order valence-electron chi connectivity index (χ0n) is 10.6. The Morgan fingerprint density at radius 1 is 0.833 bits per heavy atom. The van der Waals surface area contributed by atoms with E-state index in [9.17, 15) is 0 Å². The maximum atomic E-state index is 6.01. The van der Waals surface area contributed by atoms with Gasteiger partial charge in [-0.05, 0) is 50.1 Å². The molecule has 0 fully saturated rings. The number of anilines is 2. The minimum absolute atomic E-state index is 0.559. The van der Waals surface area contributed by atoms with Gasteiger partial charge in [-0.25, -0.2) is 0 Å². The third-order valence-corrected chi connectivity index (χ3v) is 3.60. The van der Waals surface area contributed by atoms with Crippen LogP contribution >= 0.6 is 23.2 Å². The fourth-order valence-corrected chi connectivity index (χ4v) is 2.39. The standard InChI is InChI=1S/C15H15Cl2N/c1-9-6-10(2)15(11(3)7-9)18-12-4-5-13(16)14(17)8-12/h4-8,18H,1-3H3. The lowest BCUT2D eigenvalue weighted by Crippen LogP contribution is -1.97. The first-order valence-corrected chi connectivity index (χ1v) is 6.53. The maximum absolute atomic E-state index is 6.01. The molecule has 1 N–H and O–H groups in total. The van der Waals surface area contributed by atoms with Crippen molar-refractivity contribution >= 4 is 34.6 Å². The molecule has 2 aromatic carbocycles. The van der Waals surface area contributed by atoms with Gasteiger partial charge in [-0.3, -0.25) is 0 Å². The summed E-state index contributed by atoms with van der Waals surface area (Å²) >= 11 is 11.9. The summed E-state index contributed by atoms with van der Waals surface area (Å²) in [6.07, 6.45) is 0. The lowest BCUT2D eigenvalue weighted by atomic mass is 10.0. The van der Waals surface area contributed by atoms with Crippen LogP contribution in [-0.2, 0) is 0 Å². The molecule has 0 aliphatic carbocycles. The van der Waals surface area contributed by atoms with Gasteiger partial charge in [0.05, 0.1) is 10.0 Å². The molecule has 3 heteroatoms. The zero-order chi connectivity index (χ0) is 13.3. The van der Waals surface area contributed by atoms with Crippen LogP contribution in [0.15, 0.2) is 30.3 Å². The lowest BCUT2D eigenvalue weighted by Gasteiger charge is -2.14. The van der Waals surface area contributed by atoms with Crippen LogP contribution in [0.5, 0.6) is 0 Å². The Labute approximate surface area is 118 Å². The fraction of sp³-hybridized carbons (Fsp3) is 0.200. The number of benzene rings is 2. The molecule has 0 aliphatic heterocycles. The van der Waals surface area contributed by atoms with Gasteiger partial charge in [0.2, 0.25) is 0 Å². The van der Waals surface area contributed by atoms with Crippen molar-refractivity contribution in [1.29, 1.82) is 0 Å². The van der Waals surface area contributed by atoms with Gasteiger partial charge in [-0.1, -0.05) is 40.9 Å². The van der Waals surface area contributed by atoms with Crippen molar-refractivity contribution in [2.75, 3.05) is 5.32 Å². The number of hydrogen-bond acceptors (Lipinski definition) is 1. The Bertz CT molecular complexity index is 568. The van der Waals surface area contributed by atoms with Crippen LogP contribution in [0, 0.1) is 20.8 Å². The van der Waals surface area contributed by atoms with E-state index < -0.39 is 0 Å². The number of rotatable bonds is 2. The second-order valence-electron chi connectivity index (χ2n) is 4.53. The van der Waals surface area contributed by atoms with Gasteiger partial charge < -0.3 is 5.32 Å². The number of halogens is 2. The van der Waals surface area contributed by atoms with Crippen LogP contribution < -0.4 is 5.32 Å². The van der Waals surface area contributed by atoms with Gasteiger partial charge in [0.25, 0.3) is 0 Å². The molecular weight excluding hydrogens is 265 g/mol. The Morgan fingerprint density at radius 2 is 1.44 bits per heavy atom. The normalized spacial score (nSPS) is 10.5. The fourth-order valence-electron chi connectivity index (χ4n) is 2.10. The van der Waals surface area contributed by atoms with Crippen LogP contribution in [0.2, 0.25) is 10.0 Å². The lowest BCUT2D eigenvalue weighted by molar-refractivity contribution is 1.31. The highest BCUT2D eigenvalue weighted by Gasteiger charge is 2.05. The average molecular weight is 280 g/mol. The summed E-state index contributed by atoms with van der Waals surface area (Å²) in [5.41, 5.74) is 5.78. The minimum atomic E-state index is 0.559. The van der Waals surface area contributed by atoms with E-state index in [1.54, 1.807) is 6.07 Å². The van der Waals surface area contributed by atoms with Gasteiger partial charge in [0, 0.05) is 11.4 Å². The van der Waals surface area contributed by atoms with Gasteiger partial charge >= 0.3 is 0 Å². The van der Waals surface area contributed by atoms with E-state index in [2.05, 4.69) is 38.2 Å². The van der Waals surface area contributed by atoms with Crippen molar-refractivity contribution in [3.8, 4) is 0 Å². The SMILES string of the molecule is Cc1cc(C)c(Nc2ccc(Cl)c(Cl)c2)c(C)c1. The monoisotopic (exact) mass is 279 g/mol. The summed E-state index contributed by atoms with van der Waals surface area (Å²) in [4.78, 5) is 0. The molecule has 0 unspecified atom stereocenters. The van der Waals surface area contributed by atoms with Crippen molar-refractivity contribution < 1.29 is 0 Å². The molecule has 0 radical (unpaired) electrons. The first-order valence-electron chi connectivity index (χ1n) is 5.77. The summed E-state index contributed by atoms with van der Waals surface area (Å²) < 4.78 is 0. The second kappa shape index (κ2) is 5.21. The summed E-state index contributed by atoms with van der Waals surface area (Å²) in [7, 11) is 0. The van der Waals surface area contributed by atoms with E-state index >= 15 is 0 Å². The van der Waals surface area contributed by atoms with Crippen molar-refractivity contribution in [1.82, 2.24) is 0 Å². The minimum Gasteiger partial charge on any atom is -0.355 e. The smallest absolute Gasteiger partial charge is 0.0612 e. The molecule has 2 rings (SSSR count). The molecule has 0 heterocycles. The second-order valence-corrected chi connectivity index (χ2v) is 5.34. The van der Waals surface area contributed by atoms with E-state index in [4.69, 9.17) is 23.2 Å². The van der Waals surface area contributed by atoms with E-state index in [-0.39, 0.29) is 0 Å². The molecule has 94 valence electrons. The third-order valence-electron chi connectivity index (χ3n) is 2.87. The molecule has 0 aliphatic rings. The van der Waals surface area contributed by atoms with E-state index in [1.165, 1.54) is 16.7 Å². The molecule has 2 aromatic rings. The predicted octanol–water partition coefficient (Wildman–Crippen LogP) is 5.66. The Hall–Kier alpha value is -1.18. The number of hydrogen-bond donors (Lipinski definition) is 1. The van der Waals surface area contributed by atoms with Crippen LogP contribution in [0.4, 0.5) is 11.4 Å². The van der Waals surface area contributed by atoms with Gasteiger partial charge in [0.15, 0.2) is 0 Å². The predicted molar refractivity (Wildman–Crippen MR) is 80.4 cm³/mol. The molecule has 1 nitrogen and oxygen atoms in total. The van der Waals surface area contributed by atoms with E-state index in [0.717, 1.165) is 11.4 Å². The highest BCUT2D eigenvalue weighted by molar-refractivity contribution is 6.42. The zero-order valence-corrected chi connectivity index (χ0v) is 12.2. The Kier molecular flexibility index (Phi) is 3.84. The van der Waals surface area contributed by atoms with Crippen LogP contribution in [0.25, 0.3) is 0 Å². The molecule has 0 bridgehead atoms. The quantitative estimate of drug-likeness (QED) is 0.748. The Morgan fingerprint density at radius 3 is 2.00 bits per heavy atom. The van der Waals surface area contributed by atoms with Gasteiger partial charge in [-0.2, -0.15) is 0 Å².